The first-order valence-corrected chi connectivity index (χ1v) is 9.99. The van der Waals surface area contributed by atoms with Crippen molar-refractivity contribution >= 4 is 11.8 Å². The summed E-state index contributed by atoms with van der Waals surface area (Å²) in [4.78, 5) is 17.4. The van der Waals surface area contributed by atoms with Gasteiger partial charge in [0.1, 0.15) is 5.69 Å². The van der Waals surface area contributed by atoms with Gasteiger partial charge >= 0.3 is 0 Å². The van der Waals surface area contributed by atoms with E-state index in [1.807, 2.05) is 48.8 Å². The van der Waals surface area contributed by atoms with Crippen molar-refractivity contribution in [2.45, 2.75) is 0 Å². The minimum atomic E-state index is 0.778. The zero-order valence-electron chi connectivity index (χ0n) is 16.5. The smallest absolute Gasteiger partial charge is 0.225 e. The van der Waals surface area contributed by atoms with Crippen LogP contribution in [0.2, 0.25) is 0 Å². The fourth-order valence-corrected chi connectivity index (χ4v) is 3.69. The largest absolute Gasteiger partial charge is 0.352 e. The minimum absolute atomic E-state index is 0.778. The quantitative estimate of drug-likeness (QED) is 0.525. The van der Waals surface area contributed by atoms with Gasteiger partial charge in [-0.2, -0.15) is 0 Å². The summed E-state index contributed by atoms with van der Waals surface area (Å²) in [7, 11) is 0. The highest BCUT2D eigenvalue weighted by atomic mass is 15.3. The third kappa shape index (κ3) is 3.69. The summed E-state index contributed by atoms with van der Waals surface area (Å²) in [6.07, 6.45) is 7.18. The number of aromatic nitrogens is 5. The Balaban J connectivity index is 1.44. The Labute approximate surface area is 175 Å². The van der Waals surface area contributed by atoms with Crippen LogP contribution in [0.1, 0.15) is 0 Å². The molecule has 4 aromatic rings. The van der Waals surface area contributed by atoms with E-state index in [1.165, 1.54) is 0 Å². The number of hydrogen-bond acceptors (Lipinski definition) is 7. The first-order valence-electron chi connectivity index (χ1n) is 9.99. The minimum Gasteiger partial charge on any atom is -0.352 e. The van der Waals surface area contributed by atoms with Gasteiger partial charge in [-0.1, -0.05) is 30.3 Å². The molecule has 30 heavy (non-hydrogen) atoms. The molecule has 5 rings (SSSR count). The molecule has 0 atom stereocenters. The van der Waals surface area contributed by atoms with E-state index in [9.17, 15) is 0 Å². The van der Waals surface area contributed by atoms with Gasteiger partial charge in [-0.15, -0.1) is 10.2 Å². The molecule has 0 radical (unpaired) electrons. The van der Waals surface area contributed by atoms with Gasteiger partial charge in [-0.3, -0.25) is 4.98 Å². The molecule has 0 unspecified atom stereocenters. The molecule has 7 nitrogen and oxygen atoms in total. The van der Waals surface area contributed by atoms with Crippen molar-refractivity contribution in [2.75, 3.05) is 36.0 Å². The number of pyridine rings is 1. The van der Waals surface area contributed by atoms with Gasteiger partial charge < -0.3 is 9.80 Å². The first kappa shape index (κ1) is 18.2. The number of hydrogen-bond donors (Lipinski definition) is 0. The molecule has 1 saturated heterocycles. The highest BCUT2D eigenvalue weighted by Gasteiger charge is 2.21. The van der Waals surface area contributed by atoms with Crippen LogP contribution in [-0.4, -0.2) is 51.3 Å². The molecule has 148 valence electrons. The van der Waals surface area contributed by atoms with Crippen molar-refractivity contribution in [1.82, 2.24) is 25.1 Å². The summed E-state index contributed by atoms with van der Waals surface area (Å²) >= 11 is 0. The summed E-state index contributed by atoms with van der Waals surface area (Å²) in [6, 6.07) is 18.2. The zero-order valence-corrected chi connectivity index (χ0v) is 16.5. The molecular formula is C23H21N7. The molecule has 1 fully saturated rings. The highest BCUT2D eigenvalue weighted by molar-refractivity contribution is 5.81. The van der Waals surface area contributed by atoms with Gasteiger partial charge in [-0.05, 0) is 29.8 Å². The van der Waals surface area contributed by atoms with E-state index >= 15 is 0 Å². The van der Waals surface area contributed by atoms with Crippen LogP contribution in [-0.2, 0) is 0 Å². The predicted molar refractivity (Wildman–Crippen MR) is 117 cm³/mol. The molecule has 0 spiro atoms. The van der Waals surface area contributed by atoms with Crippen molar-refractivity contribution in [1.29, 1.82) is 0 Å². The maximum Gasteiger partial charge on any atom is 0.225 e. The van der Waals surface area contributed by atoms with Crippen LogP contribution in [0.3, 0.4) is 0 Å². The third-order valence-corrected chi connectivity index (χ3v) is 5.26. The summed E-state index contributed by atoms with van der Waals surface area (Å²) in [6.45, 7) is 3.37. The van der Waals surface area contributed by atoms with E-state index in [1.54, 1.807) is 12.4 Å². The number of piperazine rings is 1. The fraction of sp³-hybridized carbons (Fsp3) is 0.174. The van der Waals surface area contributed by atoms with Crippen LogP contribution >= 0.6 is 0 Å². The lowest BCUT2D eigenvalue weighted by atomic mass is 10.0. The number of nitrogens with zero attached hydrogens (tertiary/aromatic N) is 7. The molecule has 0 saturated carbocycles. The first-order chi connectivity index (χ1) is 14.9. The number of rotatable bonds is 4. The molecule has 1 aromatic carbocycles. The predicted octanol–water partition coefficient (Wildman–Crippen LogP) is 3.32. The van der Waals surface area contributed by atoms with Crippen LogP contribution in [0.4, 0.5) is 11.8 Å². The lowest BCUT2D eigenvalue weighted by Gasteiger charge is -2.35. The SMILES string of the molecule is c1ccc(-c2nnc(N3CCN(c4ncccn4)CC3)cc2-c2ccncc2)cc1. The Morgan fingerprint density at radius 1 is 0.633 bits per heavy atom. The molecular weight excluding hydrogens is 374 g/mol. The lowest BCUT2D eigenvalue weighted by molar-refractivity contribution is 0.631. The molecule has 4 heterocycles. The van der Waals surface area contributed by atoms with Gasteiger partial charge in [0.05, 0.1) is 0 Å². The summed E-state index contributed by atoms with van der Waals surface area (Å²) < 4.78 is 0. The zero-order chi connectivity index (χ0) is 20.2. The third-order valence-electron chi connectivity index (χ3n) is 5.26. The maximum absolute atomic E-state index is 4.63. The van der Waals surface area contributed by atoms with Crippen LogP contribution in [0.25, 0.3) is 22.4 Å². The summed E-state index contributed by atoms with van der Waals surface area (Å²) in [5.74, 6) is 1.66. The standard InChI is InChI=1S/C23H21N7/c1-2-5-19(6-3-1)22-20(18-7-11-24-12-8-18)17-21(27-28-22)29-13-15-30(16-14-29)23-25-9-4-10-26-23/h1-12,17H,13-16H2. The Morgan fingerprint density at radius 3 is 2.07 bits per heavy atom. The monoisotopic (exact) mass is 395 g/mol. The topological polar surface area (TPSA) is 70.9 Å². The Kier molecular flexibility index (Phi) is 4.99. The molecule has 0 N–H and O–H groups in total. The lowest BCUT2D eigenvalue weighted by Crippen LogP contribution is -2.47. The van der Waals surface area contributed by atoms with Gasteiger partial charge in [-0.25, -0.2) is 9.97 Å². The Bertz CT molecular complexity index is 1100. The van der Waals surface area contributed by atoms with Gasteiger partial charge in [0, 0.05) is 62.1 Å². The van der Waals surface area contributed by atoms with Crippen LogP contribution in [0.15, 0.2) is 79.4 Å². The second kappa shape index (κ2) is 8.24. The average Bonchev–Trinajstić information content (AvgIpc) is 2.85. The molecule has 0 bridgehead atoms. The van der Waals surface area contributed by atoms with Crippen molar-refractivity contribution in [3.05, 3.63) is 79.4 Å². The molecule has 1 aliphatic heterocycles. The summed E-state index contributed by atoms with van der Waals surface area (Å²) in [5, 5.41) is 9.20. The Hall–Kier alpha value is -3.87. The van der Waals surface area contributed by atoms with Gasteiger partial charge in [0.25, 0.3) is 0 Å². The molecule has 7 heteroatoms. The van der Waals surface area contributed by atoms with E-state index in [-0.39, 0.29) is 0 Å². The average molecular weight is 395 g/mol. The molecule has 3 aromatic heterocycles. The normalized spacial score (nSPS) is 14.0. The second-order valence-electron chi connectivity index (χ2n) is 7.09. The van der Waals surface area contributed by atoms with Crippen LogP contribution < -0.4 is 9.80 Å². The molecule has 0 amide bonds. The Morgan fingerprint density at radius 2 is 1.33 bits per heavy atom. The number of anilines is 2. The highest BCUT2D eigenvalue weighted by Crippen LogP contribution is 2.32. The van der Waals surface area contributed by atoms with Crippen molar-refractivity contribution in [2.24, 2.45) is 0 Å². The number of benzene rings is 1. The van der Waals surface area contributed by atoms with E-state index in [4.69, 9.17) is 0 Å². The molecule has 1 aliphatic rings. The molecule has 0 aliphatic carbocycles. The summed E-state index contributed by atoms with van der Waals surface area (Å²) in [5.41, 5.74) is 4.06. The van der Waals surface area contributed by atoms with Crippen molar-refractivity contribution in [3.63, 3.8) is 0 Å². The van der Waals surface area contributed by atoms with Crippen molar-refractivity contribution in [3.8, 4) is 22.4 Å². The van der Waals surface area contributed by atoms with Gasteiger partial charge in [0.15, 0.2) is 5.82 Å². The van der Waals surface area contributed by atoms with E-state index < -0.39 is 0 Å². The van der Waals surface area contributed by atoms with E-state index in [0.717, 1.165) is 60.3 Å². The van der Waals surface area contributed by atoms with E-state index in [0.29, 0.717) is 0 Å². The maximum atomic E-state index is 4.63. The van der Waals surface area contributed by atoms with Crippen LogP contribution in [0.5, 0.6) is 0 Å². The van der Waals surface area contributed by atoms with Crippen molar-refractivity contribution < 1.29 is 0 Å². The van der Waals surface area contributed by atoms with E-state index in [2.05, 4.69) is 53.1 Å². The van der Waals surface area contributed by atoms with Gasteiger partial charge in [0.2, 0.25) is 5.95 Å². The second-order valence-corrected chi connectivity index (χ2v) is 7.09. The van der Waals surface area contributed by atoms with Crippen LogP contribution in [0, 0.1) is 0 Å². The fourth-order valence-electron chi connectivity index (χ4n) is 3.69.